The third kappa shape index (κ3) is 4.91. The number of halogens is 2. The fraction of sp³-hybridized carbons (Fsp3) is 0.333. The van der Waals surface area contributed by atoms with Crippen LogP contribution in [0.15, 0.2) is 35.4 Å². The molecule has 0 saturated carbocycles. The van der Waals surface area contributed by atoms with Crippen LogP contribution in [0.1, 0.15) is 53.0 Å². The van der Waals surface area contributed by atoms with E-state index in [9.17, 15) is 14.4 Å². The highest BCUT2D eigenvalue weighted by Crippen LogP contribution is 2.27. The van der Waals surface area contributed by atoms with Gasteiger partial charge in [0, 0.05) is 30.3 Å². The van der Waals surface area contributed by atoms with Gasteiger partial charge >= 0.3 is 0 Å². The topological polar surface area (TPSA) is 122 Å². The Morgan fingerprint density at radius 1 is 1.14 bits per heavy atom. The number of fused-ring (bicyclic) bond motifs is 1. The Hall–Kier alpha value is -3.50. The molecule has 0 fully saturated rings. The number of nitrogens with one attached hydrogen (secondary N) is 2. The van der Waals surface area contributed by atoms with Gasteiger partial charge in [-0.3, -0.25) is 14.4 Å². The number of aromatic nitrogens is 4. The van der Waals surface area contributed by atoms with E-state index in [0.717, 1.165) is 0 Å². The number of nitrogens with zero attached hydrogens (tertiary/aromatic N) is 5. The summed E-state index contributed by atoms with van der Waals surface area (Å²) in [6, 6.07) is 4.44. The summed E-state index contributed by atoms with van der Waals surface area (Å²) in [5, 5.41) is 6.31. The molecule has 0 aliphatic carbocycles. The minimum absolute atomic E-state index is 0.0105. The molecule has 1 aliphatic rings. The molecule has 188 valence electrons. The van der Waals surface area contributed by atoms with E-state index in [1.807, 2.05) is 20.8 Å². The van der Waals surface area contributed by atoms with Crippen LogP contribution < -0.4 is 16.2 Å². The van der Waals surface area contributed by atoms with E-state index < -0.39 is 5.91 Å². The van der Waals surface area contributed by atoms with Crippen molar-refractivity contribution in [1.29, 1.82) is 0 Å². The van der Waals surface area contributed by atoms with Crippen molar-refractivity contribution in [2.24, 2.45) is 0 Å². The van der Waals surface area contributed by atoms with E-state index in [4.69, 9.17) is 28.2 Å². The molecule has 0 radical (unpaired) electrons. The number of carbonyl (C=O) groups is 2. The van der Waals surface area contributed by atoms with Crippen LogP contribution in [0, 0.1) is 0 Å². The molecule has 36 heavy (non-hydrogen) atoms. The van der Waals surface area contributed by atoms with Crippen LogP contribution in [0.2, 0.25) is 10.0 Å². The highest BCUT2D eigenvalue weighted by molar-refractivity contribution is 6.42. The molecule has 1 atom stereocenters. The van der Waals surface area contributed by atoms with Crippen molar-refractivity contribution in [2.75, 3.05) is 12.4 Å². The molecule has 2 amide bonds. The quantitative estimate of drug-likeness (QED) is 0.520. The minimum atomic E-state index is -0.432. The van der Waals surface area contributed by atoms with Crippen LogP contribution in [-0.4, -0.2) is 55.4 Å². The maximum atomic E-state index is 13.7. The molecule has 2 aromatic heterocycles. The molecule has 2 N–H and O–H groups in total. The maximum Gasteiger partial charge on any atom is 0.288 e. The predicted octanol–water partition coefficient (Wildman–Crippen LogP) is 3.10. The lowest BCUT2D eigenvalue weighted by molar-refractivity contribution is 0.0653. The van der Waals surface area contributed by atoms with Gasteiger partial charge in [-0.25, -0.2) is 19.5 Å². The first-order chi connectivity index (χ1) is 17.1. The monoisotopic (exact) mass is 529 g/mol. The number of amides is 2. The predicted molar refractivity (Wildman–Crippen MR) is 137 cm³/mol. The van der Waals surface area contributed by atoms with Gasteiger partial charge in [0.2, 0.25) is 11.8 Å². The number of carbonyl (C=O) groups excluding carboxylic acids is 2. The van der Waals surface area contributed by atoms with Crippen LogP contribution >= 0.6 is 23.2 Å². The maximum absolute atomic E-state index is 13.7. The molecule has 3 heterocycles. The van der Waals surface area contributed by atoms with Gasteiger partial charge in [-0.05, 0) is 45.4 Å². The van der Waals surface area contributed by atoms with Crippen molar-refractivity contribution in [3.05, 3.63) is 73.6 Å². The van der Waals surface area contributed by atoms with Crippen LogP contribution in [-0.2, 0) is 13.0 Å². The summed E-state index contributed by atoms with van der Waals surface area (Å²) in [5.41, 5.74) is 1.50. The summed E-state index contributed by atoms with van der Waals surface area (Å²) >= 11 is 12.1. The Balaban J connectivity index is 1.75. The average molecular weight is 530 g/mol. The lowest BCUT2D eigenvalue weighted by Crippen LogP contribution is -2.46. The van der Waals surface area contributed by atoms with Gasteiger partial charge in [-0.2, -0.15) is 0 Å². The van der Waals surface area contributed by atoms with E-state index in [0.29, 0.717) is 44.9 Å². The molecule has 1 aromatic carbocycles. The van der Waals surface area contributed by atoms with E-state index in [1.54, 1.807) is 17.0 Å². The molecule has 0 spiro atoms. The molecule has 3 aromatic rings. The number of rotatable bonds is 5. The molecule has 1 aliphatic heterocycles. The number of hydrogen-bond donors (Lipinski definition) is 2. The van der Waals surface area contributed by atoms with Gasteiger partial charge in [-0.1, -0.05) is 23.2 Å². The van der Waals surface area contributed by atoms with Gasteiger partial charge in [0.25, 0.3) is 17.4 Å². The molecule has 0 bridgehead atoms. The van der Waals surface area contributed by atoms with Crippen LogP contribution in [0.25, 0.3) is 5.69 Å². The first kappa shape index (κ1) is 25.6. The first-order valence-corrected chi connectivity index (χ1v) is 12.1. The summed E-state index contributed by atoms with van der Waals surface area (Å²) in [6.07, 6.45) is 3.13. The number of benzene rings is 1. The third-order valence-corrected chi connectivity index (χ3v) is 6.52. The van der Waals surface area contributed by atoms with Crippen molar-refractivity contribution < 1.29 is 9.59 Å². The van der Waals surface area contributed by atoms with Crippen molar-refractivity contribution in [3.8, 4) is 5.69 Å². The highest BCUT2D eigenvalue weighted by Gasteiger charge is 2.32. The van der Waals surface area contributed by atoms with E-state index in [-0.39, 0.29) is 35.9 Å². The van der Waals surface area contributed by atoms with Crippen LogP contribution in [0.5, 0.6) is 0 Å². The number of hydrogen-bond acceptors (Lipinski definition) is 7. The van der Waals surface area contributed by atoms with Crippen molar-refractivity contribution >= 4 is 41.0 Å². The summed E-state index contributed by atoms with van der Waals surface area (Å²) in [4.78, 5) is 53.3. The zero-order chi connectivity index (χ0) is 26.1. The van der Waals surface area contributed by atoms with Crippen LogP contribution in [0.4, 0.5) is 5.95 Å². The summed E-state index contributed by atoms with van der Waals surface area (Å²) in [6.45, 7) is 5.88. The fourth-order valence-corrected chi connectivity index (χ4v) is 4.28. The lowest BCUT2D eigenvalue weighted by atomic mass is 9.98. The second kappa shape index (κ2) is 10.2. The van der Waals surface area contributed by atoms with Crippen molar-refractivity contribution in [2.45, 2.75) is 45.8 Å². The second-order valence-electron chi connectivity index (χ2n) is 8.76. The molecule has 0 saturated heterocycles. The molecule has 0 unspecified atom stereocenters. The second-order valence-corrected chi connectivity index (χ2v) is 9.57. The Bertz CT molecular complexity index is 1390. The summed E-state index contributed by atoms with van der Waals surface area (Å²) in [7, 11) is 1.49. The van der Waals surface area contributed by atoms with E-state index in [2.05, 4.69) is 20.6 Å². The van der Waals surface area contributed by atoms with E-state index >= 15 is 0 Å². The van der Waals surface area contributed by atoms with Crippen molar-refractivity contribution in [3.63, 3.8) is 0 Å². The van der Waals surface area contributed by atoms with Crippen molar-refractivity contribution in [1.82, 2.24) is 29.7 Å². The molecular weight excluding hydrogens is 505 g/mol. The Morgan fingerprint density at radius 2 is 1.83 bits per heavy atom. The lowest BCUT2D eigenvalue weighted by Gasteiger charge is -2.34. The van der Waals surface area contributed by atoms with Gasteiger partial charge < -0.3 is 15.5 Å². The third-order valence-electron chi connectivity index (χ3n) is 5.79. The molecule has 12 heteroatoms. The van der Waals surface area contributed by atoms with Crippen LogP contribution in [0.3, 0.4) is 0 Å². The van der Waals surface area contributed by atoms with Gasteiger partial charge in [0.1, 0.15) is 0 Å². The Kier molecular flexibility index (Phi) is 7.28. The molecule has 10 nitrogen and oxygen atoms in total. The summed E-state index contributed by atoms with van der Waals surface area (Å²) < 4.78 is 1.40. The average Bonchev–Trinajstić information content (AvgIpc) is 2.85. The zero-order valence-corrected chi connectivity index (χ0v) is 21.7. The van der Waals surface area contributed by atoms with Gasteiger partial charge in [0.05, 0.1) is 40.4 Å². The largest absolute Gasteiger partial charge is 0.353 e. The van der Waals surface area contributed by atoms with Gasteiger partial charge in [-0.15, -0.1) is 0 Å². The number of anilines is 1. The first-order valence-electron chi connectivity index (χ1n) is 11.3. The fourth-order valence-electron chi connectivity index (χ4n) is 3.99. The normalized spacial score (nSPS) is 15.0. The molecule has 4 rings (SSSR count). The standard InChI is InChI=1S/C24H25Cl2N7O3/c1-12(2)30-24-31-19-11-32(22(35)14-5-6-17(25)18(26)8-14)13(3)7-16(19)23(36)33(24)15-9-28-20(29-10-15)21(34)27-4/h5-6,8-10,12-13H,7,11H2,1-4H3,(H,27,34)(H,30,31)/t13-/m1/s1. The van der Waals surface area contributed by atoms with E-state index in [1.165, 1.54) is 30.1 Å². The molecular formula is C24H25Cl2N7O3. The zero-order valence-electron chi connectivity index (χ0n) is 20.2. The smallest absolute Gasteiger partial charge is 0.288 e. The minimum Gasteiger partial charge on any atom is -0.353 e. The SMILES string of the molecule is CNC(=O)c1ncc(-n2c(NC(C)C)nc3c(c2=O)C[C@@H](C)N(C(=O)c2ccc(Cl)c(Cl)c2)C3)cn1. The Labute approximate surface area is 217 Å². The summed E-state index contributed by atoms with van der Waals surface area (Å²) in [5.74, 6) is -0.377. The highest BCUT2D eigenvalue weighted by atomic mass is 35.5. The van der Waals surface area contributed by atoms with Gasteiger partial charge in [0.15, 0.2) is 0 Å². The Morgan fingerprint density at radius 3 is 2.44 bits per heavy atom.